The molecule has 1 rings (SSSR count). The Morgan fingerprint density at radius 1 is 1.38 bits per heavy atom. The second kappa shape index (κ2) is 5.01. The fraction of sp³-hybridized carbons (Fsp3) is 0.364. The van der Waals surface area contributed by atoms with Crippen molar-refractivity contribution in [2.24, 2.45) is 0 Å². The Bertz CT molecular complexity index is 374. The number of benzene rings is 1. The summed E-state index contributed by atoms with van der Waals surface area (Å²) in [6.07, 6.45) is -3.07. The van der Waals surface area contributed by atoms with Crippen LogP contribution < -0.4 is 5.32 Å². The number of anilines is 1. The summed E-state index contributed by atoms with van der Waals surface area (Å²) in [5.74, 6) is 0. The molecule has 0 heterocycles. The third kappa shape index (κ3) is 2.98. The van der Waals surface area contributed by atoms with Crippen LogP contribution in [0, 0.1) is 0 Å². The summed E-state index contributed by atoms with van der Waals surface area (Å²) >= 11 is 0. The smallest absolute Gasteiger partial charge is 0.384 e. The molecule has 0 aromatic heterocycles. The molecule has 0 saturated heterocycles. The van der Waals surface area contributed by atoms with E-state index in [1.54, 1.807) is 0 Å². The molecule has 0 radical (unpaired) electrons. The summed E-state index contributed by atoms with van der Waals surface area (Å²) in [5.41, 5.74) is -0.287. The maximum atomic E-state index is 12.4. The molecule has 2 nitrogen and oxygen atoms in total. The van der Waals surface area contributed by atoms with E-state index in [1.807, 2.05) is 6.92 Å². The maximum Gasteiger partial charge on any atom is 0.416 e. The Kier molecular flexibility index (Phi) is 3.93. The fourth-order valence-electron chi connectivity index (χ4n) is 1.25. The van der Waals surface area contributed by atoms with Crippen LogP contribution in [-0.2, 0) is 6.18 Å². The van der Waals surface area contributed by atoms with Crippen LogP contribution in [0.1, 0.15) is 29.3 Å². The second-order valence-corrected chi connectivity index (χ2v) is 3.34. The molecule has 5 heteroatoms. The number of hydrogen-bond donors (Lipinski definition) is 1. The standard InChI is InChI=1S/C11H12F3NO/c1-2-5-15-10-6-9(11(12,13)14)4-3-8(10)7-16/h3-4,6-7,15H,2,5H2,1H3. The molecule has 0 unspecified atom stereocenters. The van der Waals surface area contributed by atoms with E-state index in [0.29, 0.717) is 12.8 Å². The van der Waals surface area contributed by atoms with Gasteiger partial charge in [0.25, 0.3) is 0 Å². The van der Waals surface area contributed by atoms with Crippen molar-refractivity contribution in [2.75, 3.05) is 11.9 Å². The summed E-state index contributed by atoms with van der Waals surface area (Å²) in [4.78, 5) is 10.6. The van der Waals surface area contributed by atoms with Crippen LogP contribution in [0.3, 0.4) is 0 Å². The number of nitrogens with one attached hydrogen (secondary N) is 1. The van der Waals surface area contributed by atoms with Gasteiger partial charge in [0.15, 0.2) is 6.29 Å². The molecule has 0 amide bonds. The molecule has 0 fully saturated rings. The number of alkyl halides is 3. The third-order valence-corrected chi connectivity index (χ3v) is 2.07. The highest BCUT2D eigenvalue weighted by Gasteiger charge is 2.30. The zero-order valence-corrected chi connectivity index (χ0v) is 8.77. The Balaban J connectivity index is 3.06. The molecule has 88 valence electrons. The largest absolute Gasteiger partial charge is 0.416 e. The average Bonchev–Trinajstić information content (AvgIpc) is 2.24. The van der Waals surface area contributed by atoms with Gasteiger partial charge < -0.3 is 5.32 Å². The van der Waals surface area contributed by atoms with Crippen molar-refractivity contribution in [3.63, 3.8) is 0 Å². The normalized spacial score (nSPS) is 11.2. The Morgan fingerprint density at radius 2 is 2.06 bits per heavy atom. The van der Waals surface area contributed by atoms with E-state index in [0.717, 1.165) is 18.6 Å². The number of aldehydes is 1. The van der Waals surface area contributed by atoms with E-state index in [2.05, 4.69) is 5.32 Å². The molecule has 0 spiro atoms. The third-order valence-electron chi connectivity index (χ3n) is 2.07. The van der Waals surface area contributed by atoms with Gasteiger partial charge in [-0.15, -0.1) is 0 Å². The molecule has 0 aliphatic carbocycles. The second-order valence-electron chi connectivity index (χ2n) is 3.34. The van der Waals surface area contributed by atoms with Crippen molar-refractivity contribution in [3.05, 3.63) is 29.3 Å². The van der Waals surface area contributed by atoms with Gasteiger partial charge in [0, 0.05) is 17.8 Å². The molecule has 1 N–H and O–H groups in total. The maximum absolute atomic E-state index is 12.4. The van der Waals surface area contributed by atoms with Crippen molar-refractivity contribution in [3.8, 4) is 0 Å². The van der Waals surface area contributed by atoms with E-state index in [-0.39, 0.29) is 11.3 Å². The number of rotatable bonds is 4. The highest BCUT2D eigenvalue weighted by atomic mass is 19.4. The molecule has 16 heavy (non-hydrogen) atoms. The van der Waals surface area contributed by atoms with Crippen LogP contribution in [-0.4, -0.2) is 12.8 Å². The van der Waals surface area contributed by atoms with Gasteiger partial charge in [-0.25, -0.2) is 0 Å². The molecule has 0 atom stereocenters. The van der Waals surface area contributed by atoms with E-state index >= 15 is 0 Å². The molecule has 0 aliphatic heterocycles. The average molecular weight is 231 g/mol. The van der Waals surface area contributed by atoms with Gasteiger partial charge in [-0.2, -0.15) is 13.2 Å². The molecule has 1 aromatic rings. The summed E-state index contributed by atoms with van der Waals surface area (Å²) < 4.78 is 37.2. The van der Waals surface area contributed by atoms with Crippen LogP contribution in [0.25, 0.3) is 0 Å². The van der Waals surface area contributed by atoms with Crippen molar-refractivity contribution < 1.29 is 18.0 Å². The van der Waals surface area contributed by atoms with Gasteiger partial charge in [-0.05, 0) is 24.6 Å². The van der Waals surface area contributed by atoms with Crippen LogP contribution in [0.4, 0.5) is 18.9 Å². The number of carbonyl (C=O) groups is 1. The lowest BCUT2D eigenvalue weighted by Gasteiger charge is -2.12. The number of carbonyl (C=O) groups excluding carboxylic acids is 1. The summed E-state index contributed by atoms with van der Waals surface area (Å²) in [6.45, 7) is 2.42. The molecular weight excluding hydrogens is 219 g/mol. The Labute approximate surface area is 91.5 Å². The van der Waals surface area contributed by atoms with E-state index in [4.69, 9.17) is 0 Å². The molecule has 0 aliphatic rings. The van der Waals surface area contributed by atoms with Crippen molar-refractivity contribution in [1.29, 1.82) is 0 Å². The zero-order chi connectivity index (χ0) is 12.2. The minimum atomic E-state index is -4.38. The highest BCUT2D eigenvalue weighted by Crippen LogP contribution is 2.31. The quantitative estimate of drug-likeness (QED) is 0.805. The van der Waals surface area contributed by atoms with Crippen molar-refractivity contribution in [1.82, 2.24) is 0 Å². The fourth-order valence-corrected chi connectivity index (χ4v) is 1.25. The van der Waals surface area contributed by atoms with Gasteiger partial charge in [0.1, 0.15) is 0 Å². The van der Waals surface area contributed by atoms with Crippen LogP contribution in [0.2, 0.25) is 0 Å². The molecule has 0 saturated carbocycles. The highest BCUT2D eigenvalue weighted by molar-refractivity contribution is 5.84. The predicted molar refractivity (Wildman–Crippen MR) is 55.6 cm³/mol. The minimum absolute atomic E-state index is 0.228. The monoisotopic (exact) mass is 231 g/mol. The number of halogens is 3. The van der Waals surface area contributed by atoms with Crippen LogP contribution >= 0.6 is 0 Å². The summed E-state index contributed by atoms with van der Waals surface area (Å²) in [6, 6.07) is 3.04. The van der Waals surface area contributed by atoms with Crippen molar-refractivity contribution >= 4 is 12.0 Å². The first-order chi connectivity index (χ1) is 7.49. The lowest BCUT2D eigenvalue weighted by Crippen LogP contribution is -2.08. The van der Waals surface area contributed by atoms with E-state index in [1.165, 1.54) is 6.07 Å². The van der Waals surface area contributed by atoms with Crippen LogP contribution in [0.15, 0.2) is 18.2 Å². The zero-order valence-electron chi connectivity index (χ0n) is 8.77. The Morgan fingerprint density at radius 3 is 2.56 bits per heavy atom. The van der Waals surface area contributed by atoms with E-state index < -0.39 is 11.7 Å². The molecular formula is C11H12F3NO. The lowest BCUT2D eigenvalue weighted by atomic mass is 10.1. The van der Waals surface area contributed by atoms with Crippen LogP contribution in [0.5, 0.6) is 0 Å². The topological polar surface area (TPSA) is 29.1 Å². The first kappa shape index (κ1) is 12.5. The first-order valence-corrected chi connectivity index (χ1v) is 4.89. The summed E-state index contributed by atoms with van der Waals surface area (Å²) in [5, 5.41) is 2.80. The number of hydrogen-bond acceptors (Lipinski definition) is 2. The van der Waals surface area contributed by atoms with Gasteiger partial charge in [-0.1, -0.05) is 6.92 Å². The van der Waals surface area contributed by atoms with Gasteiger partial charge in [0.2, 0.25) is 0 Å². The first-order valence-electron chi connectivity index (χ1n) is 4.89. The minimum Gasteiger partial charge on any atom is -0.384 e. The van der Waals surface area contributed by atoms with Gasteiger partial charge in [0.05, 0.1) is 5.56 Å². The van der Waals surface area contributed by atoms with Crippen molar-refractivity contribution in [2.45, 2.75) is 19.5 Å². The molecule has 0 bridgehead atoms. The lowest BCUT2D eigenvalue weighted by molar-refractivity contribution is -0.137. The van der Waals surface area contributed by atoms with Gasteiger partial charge in [-0.3, -0.25) is 4.79 Å². The summed E-state index contributed by atoms with van der Waals surface area (Å²) in [7, 11) is 0. The van der Waals surface area contributed by atoms with E-state index in [9.17, 15) is 18.0 Å². The Hall–Kier alpha value is -1.52. The SMILES string of the molecule is CCCNc1cc(C(F)(F)F)ccc1C=O. The predicted octanol–water partition coefficient (Wildman–Crippen LogP) is 3.34. The van der Waals surface area contributed by atoms with Gasteiger partial charge >= 0.3 is 6.18 Å². The molecule has 1 aromatic carbocycles.